The maximum Gasteiger partial charge on any atom is 0.128 e. The Morgan fingerprint density at radius 2 is 2.26 bits per heavy atom. The van der Waals surface area contributed by atoms with Crippen molar-refractivity contribution < 1.29 is 0 Å². The highest BCUT2D eigenvalue weighted by Gasteiger charge is 2.39. The molecule has 0 saturated heterocycles. The van der Waals surface area contributed by atoms with Gasteiger partial charge in [-0.1, -0.05) is 6.42 Å². The molecule has 19 heavy (non-hydrogen) atoms. The second kappa shape index (κ2) is 5.49. The number of anilines is 1. The van der Waals surface area contributed by atoms with E-state index in [0.29, 0.717) is 0 Å². The molecule has 0 spiro atoms. The van der Waals surface area contributed by atoms with Crippen LogP contribution in [-0.2, 0) is 6.54 Å². The minimum atomic E-state index is 0.901. The van der Waals surface area contributed by atoms with E-state index in [1.165, 1.54) is 37.8 Å². The van der Waals surface area contributed by atoms with Gasteiger partial charge in [-0.25, -0.2) is 4.98 Å². The van der Waals surface area contributed by atoms with Crippen molar-refractivity contribution in [3.63, 3.8) is 0 Å². The second-order valence-corrected chi connectivity index (χ2v) is 6.37. The third-order valence-corrected chi connectivity index (χ3v) is 4.97. The molecule has 2 bridgehead atoms. The maximum absolute atomic E-state index is 4.52. The number of aromatic nitrogens is 1. The van der Waals surface area contributed by atoms with Crippen molar-refractivity contribution in [1.82, 2.24) is 10.3 Å². The number of nitrogens with zero attached hydrogens (tertiary/aromatic N) is 2. The van der Waals surface area contributed by atoms with Crippen molar-refractivity contribution >= 4 is 5.82 Å². The van der Waals surface area contributed by atoms with E-state index in [1.807, 2.05) is 13.2 Å². The highest BCUT2D eigenvalue weighted by Crippen LogP contribution is 2.48. The zero-order chi connectivity index (χ0) is 13.2. The molecule has 104 valence electrons. The van der Waals surface area contributed by atoms with Gasteiger partial charge in [0.05, 0.1) is 0 Å². The molecule has 1 aromatic rings. The van der Waals surface area contributed by atoms with E-state index in [-0.39, 0.29) is 0 Å². The summed E-state index contributed by atoms with van der Waals surface area (Å²) in [5, 5.41) is 3.20. The molecule has 0 aromatic carbocycles. The standard InChI is InChI=1S/C16H25N3/c1-17-10-13-5-6-18-16(9-13)19(2)11-15-8-12-3-4-14(15)7-12/h5-6,9,12,14-15,17H,3-4,7-8,10-11H2,1-2H3. The van der Waals surface area contributed by atoms with Crippen LogP contribution in [0.3, 0.4) is 0 Å². The van der Waals surface area contributed by atoms with Gasteiger partial charge in [0.25, 0.3) is 0 Å². The predicted octanol–water partition coefficient (Wildman–Crippen LogP) is 2.67. The summed E-state index contributed by atoms with van der Waals surface area (Å²) in [5.74, 6) is 4.05. The first-order valence-electron chi connectivity index (χ1n) is 7.57. The Balaban J connectivity index is 1.63. The highest BCUT2D eigenvalue weighted by molar-refractivity contribution is 5.40. The number of pyridine rings is 1. The number of hydrogen-bond acceptors (Lipinski definition) is 3. The molecule has 0 amide bonds. The van der Waals surface area contributed by atoms with Gasteiger partial charge >= 0.3 is 0 Å². The zero-order valence-corrected chi connectivity index (χ0v) is 12.1. The monoisotopic (exact) mass is 259 g/mol. The van der Waals surface area contributed by atoms with Gasteiger partial charge in [-0.3, -0.25) is 0 Å². The lowest BCUT2D eigenvalue weighted by atomic mass is 9.88. The van der Waals surface area contributed by atoms with Gasteiger partial charge in [-0.2, -0.15) is 0 Å². The largest absolute Gasteiger partial charge is 0.359 e. The highest BCUT2D eigenvalue weighted by atomic mass is 15.2. The molecule has 1 heterocycles. The fraction of sp³-hybridized carbons (Fsp3) is 0.688. The zero-order valence-electron chi connectivity index (χ0n) is 12.1. The molecular formula is C16H25N3. The SMILES string of the molecule is CNCc1ccnc(N(C)CC2CC3CCC2C3)c1. The fourth-order valence-corrected chi connectivity index (χ4v) is 4.03. The number of rotatable bonds is 5. The summed E-state index contributed by atoms with van der Waals surface area (Å²) in [6.07, 6.45) is 7.83. The lowest BCUT2D eigenvalue weighted by Gasteiger charge is -2.28. The summed E-state index contributed by atoms with van der Waals surface area (Å²) in [5.41, 5.74) is 1.31. The molecule has 2 saturated carbocycles. The molecule has 1 N–H and O–H groups in total. The Bertz CT molecular complexity index is 432. The molecule has 3 nitrogen and oxygen atoms in total. The van der Waals surface area contributed by atoms with E-state index in [9.17, 15) is 0 Å². The fourth-order valence-electron chi connectivity index (χ4n) is 4.03. The van der Waals surface area contributed by atoms with Gasteiger partial charge in [0.2, 0.25) is 0 Å². The molecule has 2 aliphatic carbocycles. The molecule has 2 fully saturated rings. The third-order valence-electron chi connectivity index (χ3n) is 4.97. The van der Waals surface area contributed by atoms with Gasteiger partial charge in [0.15, 0.2) is 0 Å². The average molecular weight is 259 g/mol. The Kier molecular flexibility index (Phi) is 3.74. The van der Waals surface area contributed by atoms with E-state index < -0.39 is 0 Å². The van der Waals surface area contributed by atoms with Crippen molar-refractivity contribution in [3.8, 4) is 0 Å². The quantitative estimate of drug-likeness (QED) is 0.881. The summed E-state index contributed by atoms with van der Waals surface area (Å²) >= 11 is 0. The first-order valence-corrected chi connectivity index (χ1v) is 7.57. The molecular weight excluding hydrogens is 234 g/mol. The summed E-state index contributed by atoms with van der Waals surface area (Å²) in [6, 6.07) is 4.30. The molecule has 0 radical (unpaired) electrons. The third kappa shape index (κ3) is 2.76. The Labute approximate surface area is 116 Å². The number of fused-ring (bicyclic) bond motifs is 2. The van der Waals surface area contributed by atoms with Crippen LogP contribution >= 0.6 is 0 Å². The lowest BCUT2D eigenvalue weighted by molar-refractivity contribution is 0.337. The molecule has 2 aliphatic rings. The second-order valence-electron chi connectivity index (χ2n) is 6.37. The van der Waals surface area contributed by atoms with Gasteiger partial charge in [0.1, 0.15) is 5.82 Å². The smallest absolute Gasteiger partial charge is 0.128 e. The van der Waals surface area contributed by atoms with Gasteiger partial charge in [-0.05, 0) is 61.8 Å². The van der Waals surface area contributed by atoms with E-state index in [1.54, 1.807) is 0 Å². The van der Waals surface area contributed by atoms with Crippen LogP contribution < -0.4 is 10.2 Å². The molecule has 3 rings (SSSR count). The molecule has 1 aromatic heterocycles. The Hall–Kier alpha value is -1.09. The molecule has 0 aliphatic heterocycles. The predicted molar refractivity (Wildman–Crippen MR) is 79.2 cm³/mol. The molecule has 3 unspecified atom stereocenters. The lowest BCUT2D eigenvalue weighted by Crippen LogP contribution is -2.29. The topological polar surface area (TPSA) is 28.2 Å². The number of hydrogen-bond donors (Lipinski definition) is 1. The average Bonchev–Trinajstić information content (AvgIpc) is 3.02. The van der Waals surface area contributed by atoms with E-state index in [4.69, 9.17) is 0 Å². The van der Waals surface area contributed by atoms with Crippen LogP contribution in [-0.4, -0.2) is 25.6 Å². The minimum Gasteiger partial charge on any atom is -0.359 e. The van der Waals surface area contributed by atoms with Gasteiger partial charge in [-0.15, -0.1) is 0 Å². The summed E-state index contributed by atoms with van der Waals surface area (Å²) in [6.45, 7) is 2.09. The van der Waals surface area contributed by atoms with Crippen LogP contribution in [0, 0.1) is 17.8 Å². The Morgan fingerprint density at radius 3 is 2.95 bits per heavy atom. The first-order chi connectivity index (χ1) is 9.26. The molecule has 3 heteroatoms. The van der Waals surface area contributed by atoms with Crippen LogP contribution in [0.5, 0.6) is 0 Å². The van der Waals surface area contributed by atoms with Crippen molar-refractivity contribution in [2.24, 2.45) is 17.8 Å². The summed E-state index contributed by atoms with van der Waals surface area (Å²) in [7, 11) is 4.18. The van der Waals surface area contributed by atoms with Crippen LogP contribution in [0.25, 0.3) is 0 Å². The number of nitrogens with one attached hydrogen (secondary N) is 1. The van der Waals surface area contributed by atoms with Crippen molar-refractivity contribution in [2.75, 3.05) is 25.5 Å². The van der Waals surface area contributed by atoms with Crippen molar-refractivity contribution in [1.29, 1.82) is 0 Å². The van der Waals surface area contributed by atoms with Crippen molar-refractivity contribution in [2.45, 2.75) is 32.2 Å². The van der Waals surface area contributed by atoms with E-state index in [0.717, 1.165) is 30.1 Å². The Morgan fingerprint density at radius 1 is 1.37 bits per heavy atom. The van der Waals surface area contributed by atoms with Crippen molar-refractivity contribution in [3.05, 3.63) is 23.9 Å². The first kappa shape index (κ1) is 12.9. The summed E-state index contributed by atoms with van der Waals surface area (Å²) in [4.78, 5) is 6.88. The van der Waals surface area contributed by atoms with Gasteiger partial charge < -0.3 is 10.2 Å². The maximum atomic E-state index is 4.52. The minimum absolute atomic E-state index is 0.901. The van der Waals surface area contributed by atoms with Gasteiger partial charge in [0, 0.05) is 26.3 Å². The van der Waals surface area contributed by atoms with Crippen LogP contribution in [0.1, 0.15) is 31.2 Å². The van der Waals surface area contributed by atoms with Crippen LogP contribution in [0.15, 0.2) is 18.3 Å². The van der Waals surface area contributed by atoms with E-state index >= 15 is 0 Å². The van der Waals surface area contributed by atoms with Crippen LogP contribution in [0.2, 0.25) is 0 Å². The van der Waals surface area contributed by atoms with E-state index in [2.05, 4.69) is 34.4 Å². The summed E-state index contributed by atoms with van der Waals surface area (Å²) < 4.78 is 0. The van der Waals surface area contributed by atoms with Crippen LogP contribution in [0.4, 0.5) is 5.82 Å². The normalized spacial score (nSPS) is 28.8. The molecule has 3 atom stereocenters.